The maximum atomic E-state index is 15.2. The molecule has 0 aliphatic carbocycles. The molecule has 0 spiro atoms. The van der Waals surface area contributed by atoms with Crippen LogP contribution in [0, 0.1) is 23.3 Å². The summed E-state index contributed by atoms with van der Waals surface area (Å²) in [6.45, 7) is -0.714. The molecule has 2 N–H and O–H groups in total. The molecule has 3 atom stereocenters. The van der Waals surface area contributed by atoms with E-state index in [1.165, 1.54) is 39.1 Å². The molecule has 2 aromatic heterocycles. The Kier molecular flexibility index (Phi) is 11.2. The van der Waals surface area contributed by atoms with Crippen LogP contribution in [-0.2, 0) is 27.5 Å². The molecule has 0 bridgehead atoms. The molecule has 3 heterocycles. The molecule has 0 fully saturated rings. The molecule has 16 nitrogen and oxygen atoms in total. The van der Waals surface area contributed by atoms with Crippen molar-refractivity contribution in [1.29, 1.82) is 0 Å². The Bertz CT molecular complexity index is 2370. The molecule has 3 amide bonds. The van der Waals surface area contributed by atoms with Crippen molar-refractivity contribution in [3.8, 4) is 11.4 Å². The minimum Gasteiger partial charge on any atom is -0.375 e. The molecule has 0 saturated heterocycles. The topological polar surface area (TPSA) is 194 Å². The number of aromatic nitrogens is 8. The monoisotopic (exact) mass is 838 g/mol. The van der Waals surface area contributed by atoms with Gasteiger partial charge in [-0.05, 0) is 92.6 Å². The molecule has 0 saturated carbocycles. The average molecular weight is 840 g/mol. The zero-order chi connectivity index (χ0) is 41.3. The highest BCUT2D eigenvalue weighted by atomic mass is 35.5. The van der Waals surface area contributed by atoms with Gasteiger partial charge < -0.3 is 15.1 Å². The summed E-state index contributed by atoms with van der Waals surface area (Å²) in [6, 6.07) is 10.7. The van der Waals surface area contributed by atoms with Gasteiger partial charge in [0, 0.05) is 46.4 Å². The van der Waals surface area contributed by atoms with Gasteiger partial charge >= 0.3 is 11.8 Å². The average Bonchev–Trinajstić information content (AvgIpc) is 3.99. The third kappa shape index (κ3) is 7.82. The van der Waals surface area contributed by atoms with Crippen LogP contribution >= 0.6 is 23.2 Å². The van der Waals surface area contributed by atoms with Crippen molar-refractivity contribution in [1.82, 2.24) is 45.3 Å². The van der Waals surface area contributed by atoms with E-state index in [2.05, 4.69) is 36.2 Å². The lowest BCUT2D eigenvalue weighted by Gasteiger charge is -2.35. The van der Waals surface area contributed by atoms with E-state index < -0.39 is 81.4 Å². The summed E-state index contributed by atoms with van der Waals surface area (Å²) in [5.41, 5.74) is 0.0283. The van der Waals surface area contributed by atoms with E-state index in [1.807, 2.05) is 0 Å². The molecule has 0 radical (unpaired) electrons. The summed E-state index contributed by atoms with van der Waals surface area (Å²) in [7, 11) is 0. The maximum absolute atomic E-state index is 15.2. The van der Waals surface area contributed by atoms with Crippen LogP contribution in [0.2, 0.25) is 10.0 Å². The normalized spacial score (nSPS) is 17.3. The van der Waals surface area contributed by atoms with Gasteiger partial charge in [0.15, 0.2) is 12.2 Å². The summed E-state index contributed by atoms with van der Waals surface area (Å²) < 4.78 is 58.0. The molecule has 2 unspecified atom stereocenters. The van der Waals surface area contributed by atoms with Crippen LogP contribution in [-0.4, -0.2) is 90.1 Å². The van der Waals surface area contributed by atoms with Gasteiger partial charge in [-0.25, -0.2) is 36.5 Å². The maximum Gasteiger partial charge on any atom is 0.381 e. The van der Waals surface area contributed by atoms with Gasteiger partial charge in [0.2, 0.25) is 6.04 Å². The lowest BCUT2D eigenvalue weighted by molar-refractivity contribution is -0.800. The van der Waals surface area contributed by atoms with E-state index in [0.717, 1.165) is 6.21 Å². The quantitative estimate of drug-likeness (QED) is 0.141. The summed E-state index contributed by atoms with van der Waals surface area (Å²) in [4.78, 5) is 45.6. The number of quaternary nitrogens is 1. The van der Waals surface area contributed by atoms with Crippen LogP contribution in [0.4, 0.5) is 17.6 Å². The standard InChI is InChI=1S/C36H26Cl2F4N11O5/c37-23-1-3-29(51-17-43-46-48-51)21(7-23)15-50(16-22-8-24(38)2-4-30(22)52-18-44-47-49-52)34(56)31-5-6-45-53(31,35(57)32(54)19-9-25(39)13-26(40)10-19)36(58)33(55)20-11-27(41)14-28(42)12-20/h1-4,6-14,17-18,31-33,54-55H,5,15-16H2/q+1/t31-,32?,33?,53?/m0/s1. The van der Waals surface area contributed by atoms with Crippen LogP contribution in [0.5, 0.6) is 0 Å². The number of aliphatic hydroxyl groups is 2. The van der Waals surface area contributed by atoms with E-state index >= 15 is 4.79 Å². The number of carbonyl (C=O) groups excluding carboxylic acids is 3. The Morgan fingerprint density at radius 1 is 0.707 bits per heavy atom. The predicted octanol–water partition coefficient (Wildman–Crippen LogP) is 4.13. The summed E-state index contributed by atoms with van der Waals surface area (Å²) in [5.74, 6) is -9.06. The molecule has 58 heavy (non-hydrogen) atoms. The summed E-state index contributed by atoms with van der Waals surface area (Å²) in [6.07, 6.45) is -2.00. The molecule has 7 rings (SSSR count). The molecule has 1 aliphatic heterocycles. The zero-order valence-electron chi connectivity index (χ0n) is 29.3. The van der Waals surface area contributed by atoms with E-state index in [1.54, 1.807) is 24.3 Å². The number of halogens is 6. The number of hydrogen-bond acceptors (Lipinski definition) is 12. The SMILES string of the molecule is O=C([C@@H]1CC=N[N+]1(C(=O)C(O)c1cc(F)cc(F)c1)C(=O)C(O)c1cc(F)cc(F)c1)N(Cc1cc(Cl)ccc1-n1cnnn1)Cc1cc(Cl)ccc1-n1cnnn1. The number of imide groups is 1. The number of benzene rings is 4. The minimum absolute atomic E-state index is 0.229. The van der Waals surface area contributed by atoms with Gasteiger partial charge in [-0.3, -0.25) is 4.79 Å². The summed E-state index contributed by atoms with van der Waals surface area (Å²) in [5, 5.41) is 49.8. The van der Waals surface area contributed by atoms with Crippen LogP contribution in [0.1, 0.15) is 40.9 Å². The van der Waals surface area contributed by atoms with E-state index in [9.17, 15) is 37.4 Å². The van der Waals surface area contributed by atoms with Crippen molar-refractivity contribution in [2.24, 2.45) is 5.10 Å². The van der Waals surface area contributed by atoms with Crippen molar-refractivity contribution >= 4 is 47.1 Å². The van der Waals surface area contributed by atoms with Crippen molar-refractivity contribution in [3.63, 3.8) is 0 Å². The van der Waals surface area contributed by atoms with Crippen LogP contribution in [0.15, 0.2) is 90.6 Å². The van der Waals surface area contributed by atoms with E-state index in [4.69, 9.17) is 23.2 Å². The highest BCUT2D eigenvalue weighted by molar-refractivity contribution is 6.31. The lowest BCUT2D eigenvalue weighted by atomic mass is 10.0. The fraction of sp³-hybridized carbons (Fsp3) is 0.167. The van der Waals surface area contributed by atoms with E-state index in [-0.39, 0.29) is 23.1 Å². The van der Waals surface area contributed by atoms with Gasteiger partial charge in [0.05, 0.1) is 24.0 Å². The number of nitrogens with zero attached hydrogens (tertiary/aromatic N) is 11. The summed E-state index contributed by atoms with van der Waals surface area (Å²) >= 11 is 12.8. The predicted molar refractivity (Wildman–Crippen MR) is 192 cm³/mol. The van der Waals surface area contributed by atoms with Crippen molar-refractivity contribution < 1.29 is 46.8 Å². The van der Waals surface area contributed by atoms with Gasteiger partial charge in [-0.1, -0.05) is 32.9 Å². The van der Waals surface area contributed by atoms with Gasteiger partial charge in [0.25, 0.3) is 5.91 Å². The van der Waals surface area contributed by atoms with Crippen molar-refractivity contribution in [2.75, 3.05) is 0 Å². The smallest absolute Gasteiger partial charge is 0.375 e. The zero-order valence-corrected chi connectivity index (χ0v) is 30.8. The second-order valence-corrected chi connectivity index (χ2v) is 13.7. The second kappa shape index (κ2) is 16.3. The Labute approximate surface area is 333 Å². The first-order chi connectivity index (χ1) is 27.7. The van der Waals surface area contributed by atoms with Crippen LogP contribution in [0.3, 0.4) is 0 Å². The van der Waals surface area contributed by atoms with Crippen molar-refractivity contribution in [2.45, 2.75) is 37.8 Å². The third-order valence-corrected chi connectivity index (χ3v) is 9.65. The van der Waals surface area contributed by atoms with Crippen LogP contribution < -0.4 is 0 Å². The van der Waals surface area contributed by atoms with Crippen LogP contribution in [0.25, 0.3) is 11.4 Å². The Morgan fingerprint density at radius 2 is 1.14 bits per heavy atom. The highest BCUT2D eigenvalue weighted by Crippen LogP contribution is 2.37. The highest BCUT2D eigenvalue weighted by Gasteiger charge is 2.62. The van der Waals surface area contributed by atoms with E-state index in [0.29, 0.717) is 58.9 Å². The molecule has 296 valence electrons. The number of aliphatic hydroxyl groups excluding tert-OH is 2. The van der Waals surface area contributed by atoms with Gasteiger partial charge in [-0.2, -0.15) is 0 Å². The Balaban J connectivity index is 1.38. The number of tetrazole rings is 2. The number of rotatable bonds is 11. The van der Waals surface area contributed by atoms with Gasteiger partial charge in [-0.15, -0.1) is 10.2 Å². The first-order valence-electron chi connectivity index (χ1n) is 16.9. The third-order valence-electron chi connectivity index (χ3n) is 9.18. The largest absolute Gasteiger partial charge is 0.381 e. The molecule has 6 aromatic rings. The number of amides is 3. The fourth-order valence-electron chi connectivity index (χ4n) is 6.61. The molecule has 4 aromatic carbocycles. The number of carbonyl (C=O) groups is 3. The minimum atomic E-state index is -2.54. The fourth-order valence-corrected chi connectivity index (χ4v) is 7.00. The second-order valence-electron chi connectivity index (χ2n) is 12.9. The molecule has 1 aliphatic rings. The molecular weight excluding hydrogens is 813 g/mol. The first-order valence-corrected chi connectivity index (χ1v) is 17.6. The molecule has 22 heteroatoms. The van der Waals surface area contributed by atoms with Gasteiger partial charge in [0.1, 0.15) is 35.9 Å². The number of hydrogen-bond donors (Lipinski definition) is 2. The van der Waals surface area contributed by atoms with Crippen molar-refractivity contribution in [3.05, 3.63) is 141 Å². The Morgan fingerprint density at radius 3 is 1.53 bits per heavy atom. The Hall–Kier alpha value is -6.32. The first kappa shape index (κ1) is 39.9. The molecular formula is C36H26Cl2F4N11O5+. The lowest BCUT2D eigenvalue weighted by Crippen LogP contribution is -2.64.